The number of nitriles is 1. The highest BCUT2D eigenvalue weighted by molar-refractivity contribution is 5.93. The number of carbonyl (C=O) groups is 2. The summed E-state index contributed by atoms with van der Waals surface area (Å²) in [5, 5.41) is 14.4. The highest BCUT2D eigenvalue weighted by atomic mass is 19.1. The minimum absolute atomic E-state index is 0.0102. The SMILES string of the molecule is N#Cc1ccc(C(Nc2ccc(F)c(NC(=O)Cc3ccccc3)c2)C(N)=O)cc1. The van der Waals surface area contributed by atoms with Gasteiger partial charge < -0.3 is 16.4 Å². The Morgan fingerprint density at radius 2 is 1.73 bits per heavy atom. The van der Waals surface area contributed by atoms with Crippen molar-refractivity contribution in [3.05, 3.63) is 95.3 Å². The number of halogens is 1. The number of nitrogens with one attached hydrogen (secondary N) is 2. The Kier molecular flexibility index (Phi) is 6.40. The highest BCUT2D eigenvalue weighted by Gasteiger charge is 2.18. The molecule has 0 aliphatic carbocycles. The van der Waals surface area contributed by atoms with Gasteiger partial charge in [0, 0.05) is 5.69 Å². The maximum absolute atomic E-state index is 14.2. The standard InChI is InChI=1S/C23H19FN4O2/c24-19-11-10-18(13-20(19)28-21(29)12-15-4-2-1-3-5-15)27-22(23(26)30)17-8-6-16(14-25)7-9-17/h1-11,13,22,27H,12H2,(H2,26,30)(H,28,29). The van der Waals surface area contributed by atoms with Crippen molar-refractivity contribution in [1.29, 1.82) is 5.26 Å². The Labute approximate surface area is 173 Å². The number of nitrogens with zero attached hydrogens (tertiary/aromatic N) is 1. The average Bonchev–Trinajstić information content (AvgIpc) is 2.74. The Morgan fingerprint density at radius 3 is 2.37 bits per heavy atom. The van der Waals surface area contributed by atoms with Gasteiger partial charge in [-0.15, -0.1) is 0 Å². The molecular weight excluding hydrogens is 383 g/mol. The van der Waals surface area contributed by atoms with Gasteiger partial charge in [0.15, 0.2) is 0 Å². The molecule has 2 amide bonds. The first kappa shape index (κ1) is 20.6. The quantitative estimate of drug-likeness (QED) is 0.562. The van der Waals surface area contributed by atoms with E-state index in [1.54, 1.807) is 24.3 Å². The van der Waals surface area contributed by atoms with E-state index in [4.69, 9.17) is 11.0 Å². The van der Waals surface area contributed by atoms with Crippen LogP contribution in [0.2, 0.25) is 0 Å². The van der Waals surface area contributed by atoms with E-state index in [0.717, 1.165) is 5.56 Å². The summed E-state index contributed by atoms with van der Waals surface area (Å²) in [5.41, 5.74) is 7.72. The molecule has 6 nitrogen and oxygen atoms in total. The second-order valence-electron chi connectivity index (χ2n) is 6.62. The molecule has 0 heterocycles. The lowest BCUT2D eigenvalue weighted by Crippen LogP contribution is -2.27. The first-order valence-corrected chi connectivity index (χ1v) is 9.15. The van der Waals surface area contributed by atoms with Crippen LogP contribution >= 0.6 is 0 Å². The van der Waals surface area contributed by atoms with Gasteiger partial charge in [0.05, 0.1) is 23.7 Å². The van der Waals surface area contributed by atoms with E-state index in [1.165, 1.54) is 18.2 Å². The van der Waals surface area contributed by atoms with Crippen LogP contribution in [-0.4, -0.2) is 11.8 Å². The number of primary amides is 1. The zero-order valence-corrected chi connectivity index (χ0v) is 15.9. The fourth-order valence-electron chi connectivity index (χ4n) is 2.92. The molecule has 3 aromatic carbocycles. The van der Waals surface area contributed by atoms with Gasteiger partial charge in [-0.05, 0) is 41.5 Å². The third-order valence-corrected chi connectivity index (χ3v) is 4.42. The normalized spacial score (nSPS) is 11.2. The van der Waals surface area contributed by atoms with Crippen LogP contribution in [0.25, 0.3) is 0 Å². The summed E-state index contributed by atoms with van der Waals surface area (Å²) in [6, 6.07) is 20.6. The maximum atomic E-state index is 14.2. The summed E-state index contributed by atoms with van der Waals surface area (Å²) in [7, 11) is 0. The van der Waals surface area contributed by atoms with E-state index in [9.17, 15) is 14.0 Å². The van der Waals surface area contributed by atoms with Gasteiger partial charge in [0.1, 0.15) is 11.9 Å². The lowest BCUT2D eigenvalue weighted by Gasteiger charge is -2.18. The fourth-order valence-corrected chi connectivity index (χ4v) is 2.92. The molecule has 1 atom stereocenters. The van der Waals surface area contributed by atoms with Crippen LogP contribution in [0.1, 0.15) is 22.7 Å². The molecule has 7 heteroatoms. The van der Waals surface area contributed by atoms with E-state index in [1.807, 2.05) is 36.4 Å². The van der Waals surface area contributed by atoms with Crippen molar-refractivity contribution in [3.63, 3.8) is 0 Å². The van der Waals surface area contributed by atoms with Crippen molar-refractivity contribution in [2.24, 2.45) is 5.73 Å². The zero-order valence-electron chi connectivity index (χ0n) is 15.9. The molecule has 0 saturated carbocycles. The zero-order chi connectivity index (χ0) is 21.5. The van der Waals surface area contributed by atoms with Gasteiger partial charge in [-0.3, -0.25) is 9.59 Å². The first-order valence-electron chi connectivity index (χ1n) is 9.15. The predicted octanol–water partition coefficient (Wildman–Crippen LogP) is 3.52. The molecular formula is C23H19FN4O2. The molecule has 1 unspecified atom stereocenters. The molecule has 4 N–H and O–H groups in total. The number of hydrogen-bond acceptors (Lipinski definition) is 4. The number of carbonyl (C=O) groups excluding carboxylic acids is 2. The van der Waals surface area contributed by atoms with Crippen LogP contribution in [0.15, 0.2) is 72.8 Å². The number of benzene rings is 3. The molecule has 150 valence electrons. The molecule has 3 aromatic rings. The molecule has 0 spiro atoms. The van der Waals surface area contributed by atoms with Crippen molar-refractivity contribution in [2.75, 3.05) is 10.6 Å². The summed E-state index contributed by atoms with van der Waals surface area (Å²) in [5.74, 6) is -1.61. The van der Waals surface area contributed by atoms with Crippen molar-refractivity contribution in [2.45, 2.75) is 12.5 Å². The Balaban J connectivity index is 1.76. The Bertz CT molecular complexity index is 1090. The van der Waals surface area contributed by atoms with Crippen LogP contribution in [-0.2, 0) is 16.0 Å². The number of amides is 2. The topological polar surface area (TPSA) is 108 Å². The molecule has 0 aliphatic heterocycles. The molecule has 0 aromatic heterocycles. The fraction of sp³-hybridized carbons (Fsp3) is 0.0870. The van der Waals surface area contributed by atoms with Crippen LogP contribution in [0, 0.1) is 17.1 Å². The second-order valence-corrected chi connectivity index (χ2v) is 6.62. The summed E-state index contributed by atoms with van der Waals surface area (Å²) < 4.78 is 14.2. The molecule has 0 aliphatic rings. The second kappa shape index (κ2) is 9.34. The molecule has 0 saturated heterocycles. The van der Waals surface area contributed by atoms with Gasteiger partial charge in [-0.1, -0.05) is 42.5 Å². The molecule has 0 radical (unpaired) electrons. The molecule has 3 rings (SSSR count). The van der Waals surface area contributed by atoms with Gasteiger partial charge in [-0.25, -0.2) is 4.39 Å². The largest absolute Gasteiger partial charge is 0.370 e. The summed E-state index contributed by atoms with van der Waals surface area (Å²) in [6.07, 6.45) is 0.104. The number of anilines is 2. The summed E-state index contributed by atoms with van der Waals surface area (Å²) in [6.45, 7) is 0. The van der Waals surface area contributed by atoms with Gasteiger partial charge in [0.25, 0.3) is 0 Å². The lowest BCUT2D eigenvalue weighted by atomic mass is 10.0. The van der Waals surface area contributed by atoms with E-state index in [0.29, 0.717) is 16.8 Å². The van der Waals surface area contributed by atoms with Crippen molar-refractivity contribution < 1.29 is 14.0 Å². The predicted molar refractivity (Wildman–Crippen MR) is 112 cm³/mol. The van der Waals surface area contributed by atoms with Gasteiger partial charge in [-0.2, -0.15) is 5.26 Å². The summed E-state index contributed by atoms with van der Waals surface area (Å²) >= 11 is 0. The number of hydrogen-bond donors (Lipinski definition) is 3. The van der Waals surface area contributed by atoms with E-state index < -0.39 is 17.8 Å². The van der Waals surface area contributed by atoms with Crippen molar-refractivity contribution in [3.8, 4) is 6.07 Å². The maximum Gasteiger partial charge on any atom is 0.244 e. The number of nitrogens with two attached hydrogens (primary N) is 1. The molecule has 0 bridgehead atoms. The third-order valence-electron chi connectivity index (χ3n) is 4.42. The average molecular weight is 402 g/mol. The van der Waals surface area contributed by atoms with E-state index in [2.05, 4.69) is 10.6 Å². The van der Waals surface area contributed by atoms with Gasteiger partial charge in [0.2, 0.25) is 11.8 Å². The molecule has 0 fully saturated rings. The smallest absolute Gasteiger partial charge is 0.244 e. The van der Waals surface area contributed by atoms with Crippen molar-refractivity contribution in [1.82, 2.24) is 0 Å². The lowest BCUT2D eigenvalue weighted by molar-refractivity contribution is -0.119. The summed E-state index contributed by atoms with van der Waals surface area (Å²) in [4.78, 5) is 24.2. The van der Waals surface area contributed by atoms with Gasteiger partial charge >= 0.3 is 0 Å². The Hall–Kier alpha value is -4.18. The van der Waals surface area contributed by atoms with Crippen LogP contribution in [0.3, 0.4) is 0 Å². The van der Waals surface area contributed by atoms with E-state index in [-0.39, 0.29) is 18.0 Å². The third kappa shape index (κ3) is 5.20. The van der Waals surface area contributed by atoms with Crippen LogP contribution in [0.4, 0.5) is 15.8 Å². The Morgan fingerprint density at radius 1 is 1.03 bits per heavy atom. The van der Waals surface area contributed by atoms with Crippen LogP contribution < -0.4 is 16.4 Å². The number of rotatable bonds is 7. The monoisotopic (exact) mass is 402 g/mol. The first-order chi connectivity index (χ1) is 14.5. The highest BCUT2D eigenvalue weighted by Crippen LogP contribution is 2.25. The van der Waals surface area contributed by atoms with Crippen molar-refractivity contribution >= 4 is 23.2 Å². The minimum Gasteiger partial charge on any atom is -0.370 e. The minimum atomic E-state index is -0.893. The van der Waals surface area contributed by atoms with Crippen LogP contribution in [0.5, 0.6) is 0 Å². The van der Waals surface area contributed by atoms with E-state index >= 15 is 0 Å². The molecule has 30 heavy (non-hydrogen) atoms.